The molecule has 4 heterocycles. The Bertz CT molecular complexity index is 420. The maximum absolute atomic E-state index is 5.61. The van der Waals surface area contributed by atoms with E-state index in [4.69, 9.17) is 6.42 Å². The van der Waals surface area contributed by atoms with Crippen LogP contribution in [0.15, 0.2) is 17.5 Å². The number of thiophene rings is 1. The molecule has 1 N–H and O–H groups in total. The van der Waals surface area contributed by atoms with Crippen LogP contribution in [0.5, 0.6) is 0 Å². The summed E-state index contributed by atoms with van der Waals surface area (Å²) in [5, 5.41) is 5.73. The highest BCUT2D eigenvalue weighted by atomic mass is 32.1. The summed E-state index contributed by atoms with van der Waals surface area (Å²) in [5.74, 6) is 4.25. The highest BCUT2D eigenvalue weighted by Crippen LogP contribution is 2.35. The van der Waals surface area contributed by atoms with Gasteiger partial charge in [0.15, 0.2) is 0 Å². The SMILES string of the molecule is C#CC1CN2CCC1CC2CNCc1cccs1. The van der Waals surface area contributed by atoms with E-state index in [9.17, 15) is 0 Å². The average Bonchev–Trinajstić information content (AvgIpc) is 2.92. The first-order chi connectivity index (χ1) is 8.86. The van der Waals surface area contributed by atoms with E-state index in [1.807, 2.05) is 11.3 Å². The van der Waals surface area contributed by atoms with Crippen LogP contribution in [-0.4, -0.2) is 30.6 Å². The van der Waals surface area contributed by atoms with E-state index < -0.39 is 0 Å². The van der Waals surface area contributed by atoms with Crippen LogP contribution in [0.25, 0.3) is 0 Å². The van der Waals surface area contributed by atoms with Crippen LogP contribution in [-0.2, 0) is 6.54 Å². The summed E-state index contributed by atoms with van der Waals surface area (Å²) in [6, 6.07) is 5.01. The van der Waals surface area contributed by atoms with Gasteiger partial charge < -0.3 is 5.32 Å². The molecule has 0 amide bonds. The van der Waals surface area contributed by atoms with E-state index in [1.165, 1.54) is 24.3 Å². The number of hydrogen-bond acceptors (Lipinski definition) is 3. The molecule has 3 aliphatic heterocycles. The van der Waals surface area contributed by atoms with E-state index in [0.717, 1.165) is 25.6 Å². The topological polar surface area (TPSA) is 15.3 Å². The molecule has 3 aliphatic rings. The van der Waals surface area contributed by atoms with Crippen molar-refractivity contribution in [2.45, 2.75) is 25.4 Å². The largest absolute Gasteiger partial charge is 0.310 e. The number of piperidine rings is 3. The van der Waals surface area contributed by atoms with Crippen LogP contribution < -0.4 is 5.32 Å². The smallest absolute Gasteiger partial charge is 0.0356 e. The van der Waals surface area contributed by atoms with Crippen molar-refractivity contribution < 1.29 is 0 Å². The lowest BCUT2D eigenvalue weighted by Gasteiger charge is -2.48. The summed E-state index contributed by atoms with van der Waals surface area (Å²) in [5.41, 5.74) is 0. The predicted molar refractivity (Wildman–Crippen MR) is 76.4 cm³/mol. The number of nitrogens with one attached hydrogen (secondary N) is 1. The maximum Gasteiger partial charge on any atom is 0.0356 e. The zero-order valence-electron chi connectivity index (χ0n) is 10.6. The van der Waals surface area contributed by atoms with Gasteiger partial charge in [-0.2, -0.15) is 0 Å². The predicted octanol–water partition coefficient (Wildman–Crippen LogP) is 2.18. The first-order valence-corrected chi connectivity index (χ1v) is 7.68. The lowest BCUT2D eigenvalue weighted by molar-refractivity contribution is 0.0228. The lowest BCUT2D eigenvalue weighted by Crippen LogP contribution is -2.55. The molecule has 4 unspecified atom stereocenters. The van der Waals surface area contributed by atoms with E-state index in [1.54, 1.807) is 0 Å². The van der Waals surface area contributed by atoms with Gasteiger partial charge in [0.05, 0.1) is 0 Å². The zero-order valence-corrected chi connectivity index (χ0v) is 11.5. The fourth-order valence-corrected chi connectivity index (χ4v) is 3.99. The van der Waals surface area contributed by atoms with Crippen molar-refractivity contribution in [2.24, 2.45) is 11.8 Å². The second-order valence-electron chi connectivity index (χ2n) is 5.42. The Morgan fingerprint density at radius 1 is 1.56 bits per heavy atom. The van der Waals surface area contributed by atoms with Gasteiger partial charge in [0, 0.05) is 36.5 Å². The fraction of sp³-hybridized carbons (Fsp3) is 0.600. The Balaban J connectivity index is 1.49. The van der Waals surface area contributed by atoms with Gasteiger partial charge in [0.25, 0.3) is 0 Å². The molecule has 0 aromatic carbocycles. The summed E-state index contributed by atoms with van der Waals surface area (Å²) in [6.45, 7) is 4.47. The van der Waals surface area contributed by atoms with Gasteiger partial charge in [-0.25, -0.2) is 0 Å². The highest BCUT2D eigenvalue weighted by molar-refractivity contribution is 7.09. The normalized spacial score (nSPS) is 34.4. The van der Waals surface area contributed by atoms with Gasteiger partial charge in [-0.05, 0) is 36.8 Å². The molecule has 3 heteroatoms. The van der Waals surface area contributed by atoms with Gasteiger partial charge in [0.2, 0.25) is 0 Å². The minimum Gasteiger partial charge on any atom is -0.310 e. The molecule has 0 radical (unpaired) electrons. The van der Waals surface area contributed by atoms with Crippen LogP contribution in [0.4, 0.5) is 0 Å². The zero-order chi connectivity index (χ0) is 12.4. The number of terminal acetylenes is 1. The van der Waals surface area contributed by atoms with Crippen molar-refractivity contribution in [1.82, 2.24) is 10.2 Å². The minimum atomic E-state index is 0.507. The highest BCUT2D eigenvalue weighted by Gasteiger charge is 2.38. The maximum atomic E-state index is 5.61. The van der Waals surface area contributed by atoms with Gasteiger partial charge in [-0.3, -0.25) is 4.90 Å². The molecular formula is C15H20N2S. The standard InChI is InChI=1S/C15H20N2S/c1-2-12-11-17-6-5-13(12)8-14(17)9-16-10-15-4-3-7-18-15/h1,3-4,7,12-14,16H,5-6,8-11H2. The number of rotatable bonds is 4. The fourth-order valence-electron chi connectivity index (χ4n) is 3.31. The van der Waals surface area contributed by atoms with Crippen molar-refractivity contribution in [1.29, 1.82) is 0 Å². The van der Waals surface area contributed by atoms with Crippen molar-refractivity contribution in [3.8, 4) is 12.3 Å². The van der Waals surface area contributed by atoms with Crippen molar-refractivity contribution in [3.63, 3.8) is 0 Å². The molecule has 4 atom stereocenters. The van der Waals surface area contributed by atoms with Crippen LogP contribution in [0.1, 0.15) is 17.7 Å². The second-order valence-corrected chi connectivity index (χ2v) is 6.45. The second kappa shape index (κ2) is 5.44. The molecule has 4 rings (SSSR count). The Morgan fingerprint density at radius 2 is 2.50 bits per heavy atom. The molecule has 2 bridgehead atoms. The van der Waals surface area contributed by atoms with E-state index in [-0.39, 0.29) is 0 Å². The molecule has 2 nitrogen and oxygen atoms in total. The van der Waals surface area contributed by atoms with Crippen LogP contribution in [0.3, 0.4) is 0 Å². The Labute approximate surface area is 113 Å². The third-order valence-electron chi connectivity index (χ3n) is 4.35. The van der Waals surface area contributed by atoms with Crippen LogP contribution >= 0.6 is 11.3 Å². The first kappa shape index (κ1) is 12.2. The monoisotopic (exact) mass is 260 g/mol. The van der Waals surface area contributed by atoms with Crippen LogP contribution in [0, 0.1) is 24.2 Å². The Kier molecular flexibility index (Phi) is 3.69. The molecule has 18 heavy (non-hydrogen) atoms. The molecule has 96 valence electrons. The summed E-state index contributed by atoms with van der Waals surface area (Å²) in [6.07, 6.45) is 8.19. The third-order valence-corrected chi connectivity index (χ3v) is 5.23. The summed E-state index contributed by atoms with van der Waals surface area (Å²) in [7, 11) is 0. The molecule has 0 spiro atoms. The quantitative estimate of drug-likeness (QED) is 0.835. The molecule has 1 aromatic heterocycles. The van der Waals surface area contributed by atoms with Crippen molar-refractivity contribution >= 4 is 11.3 Å². The Hall–Kier alpha value is -0.820. The molecule has 3 saturated heterocycles. The van der Waals surface area contributed by atoms with E-state index in [0.29, 0.717) is 12.0 Å². The summed E-state index contributed by atoms with van der Waals surface area (Å²) < 4.78 is 0. The van der Waals surface area contributed by atoms with Gasteiger partial charge in [-0.15, -0.1) is 23.7 Å². The van der Waals surface area contributed by atoms with Gasteiger partial charge in [0.1, 0.15) is 0 Å². The number of nitrogens with zero attached hydrogens (tertiary/aromatic N) is 1. The van der Waals surface area contributed by atoms with Crippen molar-refractivity contribution in [3.05, 3.63) is 22.4 Å². The van der Waals surface area contributed by atoms with Crippen LogP contribution in [0.2, 0.25) is 0 Å². The van der Waals surface area contributed by atoms with E-state index >= 15 is 0 Å². The molecule has 0 aliphatic carbocycles. The summed E-state index contributed by atoms with van der Waals surface area (Å²) >= 11 is 1.83. The average molecular weight is 260 g/mol. The molecule has 3 fully saturated rings. The summed E-state index contributed by atoms with van der Waals surface area (Å²) in [4.78, 5) is 4.01. The van der Waals surface area contributed by atoms with E-state index in [2.05, 4.69) is 33.6 Å². The van der Waals surface area contributed by atoms with Gasteiger partial charge >= 0.3 is 0 Å². The number of fused-ring (bicyclic) bond motifs is 3. The first-order valence-electron chi connectivity index (χ1n) is 6.80. The minimum absolute atomic E-state index is 0.507. The molecular weight excluding hydrogens is 240 g/mol. The molecule has 1 aromatic rings. The van der Waals surface area contributed by atoms with Gasteiger partial charge in [-0.1, -0.05) is 6.07 Å². The van der Waals surface area contributed by atoms with Crippen molar-refractivity contribution in [2.75, 3.05) is 19.6 Å². The number of hydrogen-bond donors (Lipinski definition) is 1. The Morgan fingerprint density at radius 3 is 3.17 bits per heavy atom. The lowest BCUT2D eigenvalue weighted by atomic mass is 9.76. The third kappa shape index (κ3) is 2.47. The molecule has 0 saturated carbocycles.